The first-order valence-corrected chi connectivity index (χ1v) is 9.31. The zero-order valence-corrected chi connectivity index (χ0v) is 15.9. The van der Waals surface area contributed by atoms with Crippen LogP contribution < -0.4 is 5.32 Å². The molecular weight excluding hydrogens is 395 g/mol. The third-order valence-corrected chi connectivity index (χ3v) is 4.97. The molecule has 1 aromatic heterocycles. The lowest BCUT2D eigenvalue weighted by Crippen LogP contribution is -2.47. The second kappa shape index (κ2) is 8.93. The molecule has 2 aromatic rings. The fourth-order valence-corrected chi connectivity index (χ4v) is 3.22. The molecule has 28 heavy (non-hydrogen) atoms. The number of carbonyl (C=O) groups is 1. The normalized spacial score (nSPS) is 15.6. The van der Waals surface area contributed by atoms with Gasteiger partial charge in [-0.1, -0.05) is 29.8 Å². The molecule has 1 amide bonds. The summed E-state index contributed by atoms with van der Waals surface area (Å²) in [7, 11) is 0. The van der Waals surface area contributed by atoms with Crippen LogP contribution in [0.25, 0.3) is 0 Å². The predicted octanol–water partition coefficient (Wildman–Crippen LogP) is 2.63. The van der Waals surface area contributed by atoms with Crippen LogP contribution in [0.5, 0.6) is 0 Å². The third-order valence-electron chi connectivity index (χ3n) is 4.60. The minimum Gasteiger partial charge on any atom is -0.332 e. The van der Waals surface area contributed by atoms with Crippen LogP contribution in [0.1, 0.15) is 21.7 Å². The number of aromatic nitrogens is 2. The second-order valence-corrected chi connectivity index (χ2v) is 6.98. The number of piperazine rings is 1. The Bertz CT molecular complexity index is 805. The van der Waals surface area contributed by atoms with Gasteiger partial charge in [0.1, 0.15) is 5.69 Å². The van der Waals surface area contributed by atoms with Gasteiger partial charge < -0.3 is 10.2 Å². The zero-order valence-electron chi connectivity index (χ0n) is 15.1. The first kappa shape index (κ1) is 20.6. The molecule has 152 valence electrons. The molecule has 1 aliphatic rings. The molecule has 10 heteroatoms. The Kier molecular flexibility index (Phi) is 6.58. The number of halogens is 4. The number of nitrogens with one attached hydrogen (secondary N) is 2. The van der Waals surface area contributed by atoms with Gasteiger partial charge in [-0.3, -0.25) is 14.8 Å². The summed E-state index contributed by atoms with van der Waals surface area (Å²) in [6.45, 7) is 4.64. The fraction of sp³-hybridized carbons (Fsp3) is 0.444. The molecule has 6 nitrogen and oxygen atoms in total. The van der Waals surface area contributed by atoms with Crippen LogP contribution in [0.15, 0.2) is 30.3 Å². The monoisotopic (exact) mass is 415 g/mol. The van der Waals surface area contributed by atoms with Crippen LogP contribution in [-0.2, 0) is 12.7 Å². The summed E-state index contributed by atoms with van der Waals surface area (Å²) in [4.78, 5) is 16.6. The molecule has 0 unspecified atom stereocenters. The van der Waals surface area contributed by atoms with Gasteiger partial charge in [0.25, 0.3) is 5.91 Å². The number of aromatic amines is 1. The highest BCUT2D eigenvalue weighted by Gasteiger charge is 2.35. The maximum atomic E-state index is 12.9. The van der Waals surface area contributed by atoms with Crippen molar-refractivity contribution in [1.29, 1.82) is 0 Å². The van der Waals surface area contributed by atoms with Gasteiger partial charge in [-0.15, -0.1) is 0 Å². The molecule has 0 atom stereocenters. The molecule has 3 rings (SSSR count). The highest BCUT2D eigenvalue weighted by molar-refractivity contribution is 6.31. The smallest absolute Gasteiger partial charge is 0.332 e. The molecule has 0 saturated carbocycles. The highest BCUT2D eigenvalue weighted by Crippen LogP contribution is 2.28. The van der Waals surface area contributed by atoms with Crippen LogP contribution in [-0.4, -0.2) is 65.2 Å². The largest absolute Gasteiger partial charge is 0.435 e. The molecule has 0 radical (unpaired) electrons. The Balaban J connectivity index is 1.76. The van der Waals surface area contributed by atoms with Gasteiger partial charge in [0.2, 0.25) is 0 Å². The van der Waals surface area contributed by atoms with Crippen LogP contribution in [0, 0.1) is 0 Å². The molecule has 0 spiro atoms. The third kappa shape index (κ3) is 5.24. The van der Waals surface area contributed by atoms with Gasteiger partial charge in [-0.2, -0.15) is 18.3 Å². The van der Waals surface area contributed by atoms with Crippen molar-refractivity contribution in [3.63, 3.8) is 0 Å². The average molecular weight is 416 g/mol. The number of hydrogen-bond donors (Lipinski definition) is 2. The van der Waals surface area contributed by atoms with Crippen molar-refractivity contribution in [2.45, 2.75) is 12.7 Å². The zero-order chi connectivity index (χ0) is 20.1. The first-order chi connectivity index (χ1) is 13.3. The van der Waals surface area contributed by atoms with E-state index in [0.29, 0.717) is 18.1 Å². The molecule has 0 bridgehead atoms. The van der Waals surface area contributed by atoms with Gasteiger partial charge in [-0.25, -0.2) is 0 Å². The molecule has 2 heterocycles. The molecule has 2 N–H and O–H groups in total. The van der Waals surface area contributed by atoms with E-state index in [1.165, 1.54) is 4.90 Å². The van der Waals surface area contributed by atoms with Crippen molar-refractivity contribution in [2.24, 2.45) is 0 Å². The summed E-state index contributed by atoms with van der Waals surface area (Å²) in [6, 6.07) is 7.84. The van der Waals surface area contributed by atoms with Gasteiger partial charge in [0.05, 0.1) is 0 Å². The van der Waals surface area contributed by atoms with Gasteiger partial charge in [0.15, 0.2) is 5.69 Å². The van der Waals surface area contributed by atoms with Crippen molar-refractivity contribution in [3.05, 3.63) is 52.3 Å². The predicted molar refractivity (Wildman–Crippen MR) is 99.1 cm³/mol. The summed E-state index contributed by atoms with van der Waals surface area (Å²) in [5.74, 6) is -0.543. The number of alkyl halides is 3. The fourth-order valence-electron chi connectivity index (χ4n) is 3.03. The number of amides is 1. The number of H-pyrrole nitrogens is 1. The second-order valence-electron chi connectivity index (χ2n) is 6.57. The standard InChI is InChI=1S/C18H21ClF3N5O/c19-14-4-2-1-3-13(14)12-27(10-9-26-7-5-23-6-8-26)17(28)15-11-16(25-24-15)18(20,21)22/h1-4,11,23H,5-10,12H2,(H,24,25). The highest BCUT2D eigenvalue weighted by atomic mass is 35.5. The number of nitrogens with zero attached hydrogens (tertiary/aromatic N) is 3. The van der Waals surface area contributed by atoms with E-state index >= 15 is 0 Å². The lowest BCUT2D eigenvalue weighted by Gasteiger charge is -2.30. The van der Waals surface area contributed by atoms with Crippen LogP contribution in [0.2, 0.25) is 5.02 Å². The SMILES string of the molecule is O=C(c1cc(C(F)(F)F)n[nH]1)N(CCN1CCNCC1)Cc1ccccc1Cl. The summed E-state index contributed by atoms with van der Waals surface area (Å²) >= 11 is 6.21. The van der Waals surface area contributed by atoms with Crippen molar-refractivity contribution in [2.75, 3.05) is 39.3 Å². The lowest BCUT2D eigenvalue weighted by atomic mass is 10.2. The van der Waals surface area contributed by atoms with E-state index in [-0.39, 0.29) is 12.2 Å². The van der Waals surface area contributed by atoms with Gasteiger partial charge >= 0.3 is 6.18 Å². The Morgan fingerprint density at radius 3 is 2.61 bits per heavy atom. The van der Waals surface area contributed by atoms with Gasteiger partial charge in [0, 0.05) is 56.9 Å². The Hall–Kier alpha value is -2.10. The summed E-state index contributed by atoms with van der Waals surface area (Å²) < 4.78 is 38.5. The van der Waals surface area contributed by atoms with Gasteiger partial charge in [-0.05, 0) is 11.6 Å². The summed E-state index contributed by atoms with van der Waals surface area (Å²) in [5, 5.41) is 9.19. The number of benzene rings is 1. The first-order valence-electron chi connectivity index (χ1n) is 8.93. The maximum Gasteiger partial charge on any atom is 0.435 e. The summed E-state index contributed by atoms with van der Waals surface area (Å²) in [6.07, 6.45) is -4.61. The minimum absolute atomic E-state index is 0.195. The Morgan fingerprint density at radius 2 is 1.96 bits per heavy atom. The summed E-state index contributed by atoms with van der Waals surface area (Å²) in [5.41, 5.74) is -0.580. The van der Waals surface area contributed by atoms with Crippen LogP contribution in [0.4, 0.5) is 13.2 Å². The molecule has 1 aromatic carbocycles. The number of hydrogen-bond acceptors (Lipinski definition) is 4. The van der Waals surface area contributed by atoms with Crippen molar-refractivity contribution in [3.8, 4) is 0 Å². The van der Waals surface area contributed by atoms with Crippen LogP contribution in [0.3, 0.4) is 0 Å². The van der Waals surface area contributed by atoms with E-state index in [9.17, 15) is 18.0 Å². The number of rotatable bonds is 6. The van der Waals surface area contributed by atoms with E-state index in [4.69, 9.17) is 11.6 Å². The molecular formula is C18H21ClF3N5O. The van der Waals surface area contributed by atoms with E-state index in [1.54, 1.807) is 24.3 Å². The van der Waals surface area contributed by atoms with E-state index in [2.05, 4.69) is 20.4 Å². The lowest BCUT2D eigenvalue weighted by molar-refractivity contribution is -0.141. The molecule has 1 fully saturated rings. The quantitative estimate of drug-likeness (QED) is 0.761. The van der Waals surface area contributed by atoms with E-state index < -0.39 is 17.8 Å². The van der Waals surface area contributed by atoms with Crippen molar-refractivity contribution in [1.82, 2.24) is 25.3 Å². The number of carbonyl (C=O) groups excluding carboxylic acids is 1. The van der Waals surface area contributed by atoms with Crippen LogP contribution >= 0.6 is 11.6 Å². The molecule has 0 aliphatic carbocycles. The van der Waals surface area contributed by atoms with E-state index in [0.717, 1.165) is 37.8 Å². The molecule has 1 aliphatic heterocycles. The topological polar surface area (TPSA) is 64.3 Å². The Morgan fingerprint density at radius 1 is 1.25 bits per heavy atom. The molecule has 1 saturated heterocycles. The van der Waals surface area contributed by atoms with Crippen molar-refractivity contribution < 1.29 is 18.0 Å². The van der Waals surface area contributed by atoms with E-state index in [1.807, 2.05) is 0 Å². The minimum atomic E-state index is -4.61. The average Bonchev–Trinajstić information content (AvgIpc) is 3.17. The Labute approximate surface area is 165 Å². The maximum absolute atomic E-state index is 12.9. The van der Waals surface area contributed by atoms with Crippen molar-refractivity contribution >= 4 is 17.5 Å².